The Morgan fingerprint density at radius 1 is 1.59 bits per heavy atom. The number of methoxy groups -OCH3 is 1. The molecule has 1 amide bonds. The van der Waals surface area contributed by atoms with Crippen molar-refractivity contribution < 1.29 is 14.6 Å². The van der Waals surface area contributed by atoms with E-state index in [1.54, 1.807) is 18.2 Å². The molecule has 17 heavy (non-hydrogen) atoms. The van der Waals surface area contributed by atoms with Gasteiger partial charge in [0.2, 0.25) is 0 Å². The van der Waals surface area contributed by atoms with Gasteiger partial charge in [-0.2, -0.15) is 0 Å². The fraction of sp³-hybridized carbons (Fsp3) is 0.417. The number of allylic oxidation sites excluding steroid dienone is 3. The molecule has 2 unspecified atom stereocenters. The Hall–Kier alpha value is -1.12. The van der Waals surface area contributed by atoms with Crippen LogP contribution in [0.3, 0.4) is 0 Å². The number of hydrogen-bond acceptors (Lipinski definition) is 3. The van der Waals surface area contributed by atoms with Gasteiger partial charge in [0.25, 0.3) is 5.91 Å². The predicted molar refractivity (Wildman–Crippen MR) is 67.6 cm³/mol. The van der Waals surface area contributed by atoms with Crippen LogP contribution < -0.4 is 0 Å². The van der Waals surface area contributed by atoms with Crippen molar-refractivity contribution in [1.29, 1.82) is 0 Å². The SMILES string of the molecule is COC1=CC=CN2C(=O)C(CCO)=C(C)PC12. The molecule has 1 N–H and O–H groups in total. The van der Waals surface area contributed by atoms with Crippen molar-refractivity contribution in [3.63, 3.8) is 0 Å². The highest BCUT2D eigenvalue weighted by Crippen LogP contribution is 2.44. The quantitative estimate of drug-likeness (QED) is 0.776. The lowest BCUT2D eigenvalue weighted by atomic mass is 10.1. The van der Waals surface area contributed by atoms with E-state index in [1.165, 1.54) is 0 Å². The Labute approximate surface area is 102 Å². The second-order valence-corrected chi connectivity index (χ2v) is 5.54. The number of aliphatic hydroxyl groups excluding tert-OH is 1. The summed E-state index contributed by atoms with van der Waals surface area (Å²) in [4.78, 5) is 14.0. The van der Waals surface area contributed by atoms with Crippen molar-refractivity contribution >= 4 is 14.5 Å². The van der Waals surface area contributed by atoms with Crippen molar-refractivity contribution in [2.75, 3.05) is 13.7 Å². The topological polar surface area (TPSA) is 49.8 Å². The Kier molecular flexibility index (Phi) is 3.65. The van der Waals surface area contributed by atoms with E-state index in [-0.39, 0.29) is 18.3 Å². The smallest absolute Gasteiger partial charge is 0.255 e. The molecule has 0 aromatic carbocycles. The van der Waals surface area contributed by atoms with Gasteiger partial charge in [0.15, 0.2) is 0 Å². The Balaban J connectivity index is 2.33. The van der Waals surface area contributed by atoms with Gasteiger partial charge in [-0.05, 0) is 24.4 Å². The van der Waals surface area contributed by atoms with E-state index in [1.807, 2.05) is 19.1 Å². The van der Waals surface area contributed by atoms with Crippen LogP contribution in [0.4, 0.5) is 0 Å². The summed E-state index contributed by atoms with van der Waals surface area (Å²) in [6.07, 6.45) is 5.92. The van der Waals surface area contributed by atoms with Crippen LogP contribution >= 0.6 is 8.58 Å². The molecule has 0 bridgehead atoms. The first-order chi connectivity index (χ1) is 8.19. The molecular weight excluding hydrogens is 237 g/mol. The Bertz CT molecular complexity index is 425. The number of hydrogen-bond donors (Lipinski definition) is 1. The number of ether oxygens (including phenoxy) is 1. The van der Waals surface area contributed by atoms with Crippen LogP contribution in [0.1, 0.15) is 13.3 Å². The summed E-state index contributed by atoms with van der Waals surface area (Å²) in [6, 6.07) is 0. The van der Waals surface area contributed by atoms with Gasteiger partial charge in [-0.15, -0.1) is 0 Å². The zero-order valence-electron chi connectivity index (χ0n) is 9.93. The largest absolute Gasteiger partial charge is 0.498 e. The number of nitrogens with zero attached hydrogens (tertiary/aromatic N) is 1. The third kappa shape index (κ3) is 2.15. The first-order valence-corrected chi connectivity index (χ1v) is 6.59. The molecule has 0 saturated heterocycles. The van der Waals surface area contributed by atoms with Gasteiger partial charge >= 0.3 is 0 Å². The van der Waals surface area contributed by atoms with E-state index >= 15 is 0 Å². The standard InChI is InChI=1S/C12H16NO3P/c1-8-9(5-7-14)11(15)13-6-3-4-10(16-2)12(13)17-8/h3-4,6,12,14,17H,5,7H2,1-2H3. The Morgan fingerprint density at radius 3 is 3.00 bits per heavy atom. The minimum Gasteiger partial charge on any atom is -0.498 e. The van der Waals surface area contributed by atoms with Gasteiger partial charge < -0.3 is 14.7 Å². The lowest BCUT2D eigenvalue weighted by Gasteiger charge is -2.37. The van der Waals surface area contributed by atoms with Gasteiger partial charge in [0.1, 0.15) is 11.5 Å². The number of fused-ring (bicyclic) bond motifs is 1. The monoisotopic (exact) mass is 253 g/mol. The first-order valence-electron chi connectivity index (χ1n) is 5.51. The van der Waals surface area contributed by atoms with Crippen LogP contribution in [0, 0.1) is 0 Å². The average molecular weight is 253 g/mol. The summed E-state index contributed by atoms with van der Waals surface area (Å²) >= 11 is 0. The average Bonchev–Trinajstić information content (AvgIpc) is 2.34. The highest BCUT2D eigenvalue weighted by atomic mass is 31.1. The molecule has 0 radical (unpaired) electrons. The summed E-state index contributed by atoms with van der Waals surface area (Å²) in [5, 5.41) is 10.1. The molecule has 0 aliphatic carbocycles. The molecule has 0 spiro atoms. The minimum atomic E-state index is -0.0146. The van der Waals surface area contributed by atoms with E-state index in [2.05, 4.69) is 0 Å². The molecule has 2 heterocycles. The maximum absolute atomic E-state index is 12.2. The third-order valence-corrected chi connectivity index (χ3v) is 4.52. The number of aliphatic hydroxyl groups is 1. The highest BCUT2D eigenvalue weighted by Gasteiger charge is 2.35. The van der Waals surface area contributed by atoms with Gasteiger partial charge in [0, 0.05) is 24.8 Å². The molecule has 0 fully saturated rings. The van der Waals surface area contributed by atoms with Gasteiger partial charge in [-0.3, -0.25) is 4.79 Å². The highest BCUT2D eigenvalue weighted by molar-refractivity contribution is 7.44. The molecule has 2 aliphatic heterocycles. The van der Waals surface area contributed by atoms with Crippen molar-refractivity contribution in [3.8, 4) is 0 Å². The van der Waals surface area contributed by atoms with Crippen molar-refractivity contribution in [2.24, 2.45) is 0 Å². The zero-order valence-corrected chi connectivity index (χ0v) is 10.9. The van der Waals surface area contributed by atoms with Crippen LogP contribution in [-0.2, 0) is 9.53 Å². The van der Waals surface area contributed by atoms with E-state index in [4.69, 9.17) is 9.84 Å². The lowest BCUT2D eigenvalue weighted by molar-refractivity contribution is -0.125. The minimum absolute atomic E-state index is 0.0000529. The summed E-state index contributed by atoms with van der Waals surface area (Å²) in [7, 11) is 2.12. The Morgan fingerprint density at radius 2 is 2.35 bits per heavy atom. The van der Waals surface area contributed by atoms with Crippen molar-refractivity contribution in [1.82, 2.24) is 4.90 Å². The molecule has 0 saturated carbocycles. The molecule has 0 aromatic rings. The van der Waals surface area contributed by atoms with Crippen LogP contribution in [0.2, 0.25) is 0 Å². The fourth-order valence-electron chi connectivity index (χ4n) is 2.06. The van der Waals surface area contributed by atoms with E-state index in [0.717, 1.165) is 16.6 Å². The second-order valence-electron chi connectivity index (χ2n) is 3.95. The molecule has 4 nitrogen and oxygen atoms in total. The van der Waals surface area contributed by atoms with Crippen LogP contribution in [0.5, 0.6) is 0 Å². The molecule has 2 atom stereocenters. The van der Waals surface area contributed by atoms with Crippen LogP contribution in [-0.4, -0.2) is 35.4 Å². The summed E-state index contributed by atoms with van der Waals surface area (Å²) in [5.41, 5.74) is 0.740. The number of amides is 1. The van der Waals surface area contributed by atoms with Crippen molar-refractivity contribution in [3.05, 3.63) is 35.0 Å². The molecule has 2 rings (SSSR count). The number of carbonyl (C=O) groups excluding carboxylic acids is 1. The maximum Gasteiger partial charge on any atom is 0.255 e. The van der Waals surface area contributed by atoms with E-state index < -0.39 is 0 Å². The van der Waals surface area contributed by atoms with Gasteiger partial charge in [0.05, 0.1) is 7.11 Å². The van der Waals surface area contributed by atoms with Crippen LogP contribution in [0.25, 0.3) is 0 Å². The lowest BCUT2D eigenvalue weighted by Crippen LogP contribution is -2.40. The molecule has 5 heteroatoms. The zero-order chi connectivity index (χ0) is 12.4. The van der Waals surface area contributed by atoms with Crippen LogP contribution in [0.15, 0.2) is 35.0 Å². The molecule has 2 aliphatic rings. The van der Waals surface area contributed by atoms with E-state index in [0.29, 0.717) is 15.0 Å². The molecule has 0 aromatic heterocycles. The fourth-order valence-corrected chi connectivity index (χ4v) is 3.58. The second kappa shape index (κ2) is 5.03. The van der Waals surface area contributed by atoms with Gasteiger partial charge in [-0.1, -0.05) is 8.58 Å². The summed E-state index contributed by atoms with van der Waals surface area (Å²) in [5.74, 6) is 0.806. The molecule has 92 valence electrons. The van der Waals surface area contributed by atoms with E-state index in [9.17, 15) is 4.79 Å². The summed E-state index contributed by atoms with van der Waals surface area (Å²) in [6.45, 7) is 1.97. The first kappa shape index (κ1) is 12.3. The predicted octanol–water partition coefficient (Wildman–Crippen LogP) is 1.55. The van der Waals surface area contributed by atoms with Crippen molar-refractivity contribution in [2.45, 2.75) is 19.1 Å². The van der Waals surface area contributed by atoms with Gasteiger partial charge in [-0.25, -0.2) is 0 Å². The third-order valence-electron chi connectivity index (χ3n) is 2.95. The summed E-state index contributed by atoms with van der Waals surface area (Å²) < 4.78 is 5.30. The maximum atomic E-state index is 12.2. The number of carbonyl (C=O) groups is 1. The molecular formula is C12H16NO3P. The number of rotatable bonds is 3. The normalized spacial score (nSPS) is 25.1.